The van der Waals surface area contributed by atoms with E-state index in [1.54, 1.807) is 0 Å². The molecule has 1 aliphatic heterocycles. The zero-order valence-electron chi connectivity index (χ0n) is 12.8. The van der Waals surface area contributed by atoms with Gasteiger partial charge in [0.25, 0.3) is 0 Å². The van der Waals surface area contributed by atoms with Crippen molar-refractivity contribution in [3.63, 3.8) is 0 Å². The molecule has 0 bridgehead atoms. The van der Waals surface area contributed by atoms with Gasteiger partial charge < -0.3 is 15.0 Å². The van der Waals surface area contributed by atoms with E-state index in [4.69, 9.17) is 9.72 Å². The lowest BCUT2D eigenvalue weighted by Crippen LogP contribution is -2.30. The van der Waals surface area contributed by atoms with Crippen LogP contribution in [-0.4, -0.2) is 43.2 Å². The Kier molecular flexibility index (Phi) is 6.43. The Morgan fingerprint density at radius 3 is 3.00 bits per heavy atom. The number of hydrogen-bond donors (Lipinski definition) is 1. The van der Waals surface area contributed by atoms with E-state index < -0.39 is 0 Å². The molecule has 20 heavy (non-hydrogen) atoms. The molecule has 0 amide bonds. The molecule has 1 aliphatic rings. The first-order valence-corrected chi connectivity index (χ1v) is 7.69. The highest BCUT2D eigenvalue weighted by molar-refractivity contribution is 5.11. The van der Waals surface area contributed by atoms with Crippen LogP contribution in [0.5, 0.6) is 0 Å². The Labute approximate surface area is 122 Å². The van der Waals surface area contributed by atoms with Gasteiger partial charge >= 0.3 is 0 Å². The molecule has 1 aromatic heterocycles. The molecule has 0 aromatic carbocycles. The molecule has 2 rings (SSSR count). The molecule has 112 valence electrons. The third-order valence-electron chi connectivity index (χ3n) is 3.68. The minimum absolute atomic E-state index is 0.679. The molecule has 0 radical (unpaired) electrons. The van der Waals surface area contributed by atoms with Crippen molar-refractivity contribution >= 4 is 0 Å². The Bertz CT molecular complexity index is 391. The van der Waals surface area contributed by atoms with Gasteiger partial charge in [0.1, 0.15) is 0 Å². The summed E-state index contributed by atoms with van der Waals surface area (Å²) in [4.78, 5) is 7.07. The van der Waals surface area contributed by atoms with Crippen LogP contribution in [0.4, 0.5) is 0 Å². The first-order chi connectivity index (χ1) is 9.78. The molecule has 1 saturated heterocycles. The van der Waals surface area contributed by atoms with Crippen LogP contribution in [0.15, 0.2) is 18.2 Å². The average molecular weight is 277 g/mol. The second kappa shape index (κ2) is 8.35. The van der Waals surface area contributed by atoms with Crippen LogP contribution in [0, 0.1) is 5.92 Å². The fourth-order valence-corrected chi connectivity index (χ4v) is 2.70. The lowest BCUT2D eigenvalue weighted by molar-refractivity contribution is 0.0410. The molecule has 1 unspecified atom stereocenters. The molecule has 0 aliphatic carbocycles. The highest BCUT2D eigenvalue weighted by Crippen LogP contribution is 2.15. The van der Waals surface area contributed by atoms with Gasteiger partial charge in [-0.3, -0.25) is 4.98 Å². The van der Waals surface area contributed by atoms with E-state index in [2.05, 4.69) is 42.4 Å². The fourth-order valence-electron chi connectivity index (χ4n) is 2.70. The van der Waals surface area contributed by atoms with Crippen LogP contribution < -0.4 is 5.32 Å². The smallest absolute Gasteiger partial charge is 0.0547 e. The lowest BCUT2D eigenvalue weighted by Gasteiger charge is -2.26. The third-order valence-corrected chi connectivity index (χ3v) is 3.68. The van der Waals surface area contributed by atoms with Crippen molar-refractivity contribution in [1.82, 2.24) is 15.2 Å². The summed E-state index contributed by atoms with van der Waals surface area (Å²) >= 11 is 0. The predicted octanol–water partition coefficient (Wildman–Crippen LogP) is 2.05. The van der Waals surface area contributed by atoms with Crippen molar-refractivity contribution in [2.45, 2.75) is 32.9 Å². The first kappa shape index (κ1) is 15.4. The lowest BCUT2D eigenvalue weighted by atomic mass is 10.0. The Balaban J connectivity index is 1.81. The van der Waals surface area contributed by atoms with Crippen LogP contribution >= 0.6 is 0 Å². The summed E-state index contributed by atoms with van der Waals surface area (Å²) in [6, 6.07) is 6.30. The Morgan fingerprint density at radius 1 is 1.40 bits per heavy atom. The SMILES string of the molecule is CCNCc1cccc(CN(C)CC2CCCOC2)n1. The van der Waals surface area contributed by atoms with E-state index in [0.717, 1.165) is 50.8 Å². The van der Waals surface area contributed by atoms with E-state index in [9.17, 15) is 0 Å². The van der Waals surface area contributed by atoms with Crippen molar-refractivity contribution in [1.29, 1.82) is 0 Å². The van der Waals surface area contributed by atoms with Gasteiger partial charge in [-0.25, -0.2) is 0 Å². The minimum Gasteiger partial charge on any atom is -0.381 e. The number of ether oxygens (including phenoxy) is 1. The number of nitrogens with zero attached hydrogens (tertiary/aromatic N) is 2. The van der Waals surface area contributed by atoms with E-state index >= 15 is 0 Å². The number of aromatic nitrogens is 1. The normalized spacial score (nSPS) is 19.4. The predicted molar refractivity (Wildman–Crippen MR) is 81.5 cm³/mol. The average Bonchev–Trinajstić information content (AvgIpc) is 2.46. The molecule has 4 nitrogen and oxygen atoms in total. The molecular formula is C16H27N3O. The quantitative estimate of drug-likeness (QED) is 0.828. The van der Waals surface area contributed by atoms with Gasteiger partial charge in [-0.15, -0.1) is 0 Å². The number of hydrogen-bond acceptors (Lipinski definition) is 4. The van der Waals surface area contributed by atoms with Gasteiger partial charge in [0.05, 0.1) is 18.0 Å². The third kappa shape index (κ3) is 5.19. The highest BCUT2D eigenvalue weighted by Gasteiger charge is 2.16. The molecule has 0 saturated carbocycles. The van der Waals surface area contributed by atoms with Gasteiger partial charge in [-0.05, 0) is 44.5 Å². The summed E-state index contributed by atoms with van der Waals surface area (Å²) < 4.78 is 5.55. The van der Waals surface area contributed by atoms with Crippen LogP contribution in [0.3, 0.4) is 0 Å². The Hall–Kier alpha value is -0.970. The second-order valence-electron chi connectivity index (χ2n) is 5.68. The van der Waals surface area contributed by atoms with Gasteiger partial charge in [0, 0.05) is 26.2 Å². The van der Waals surface area contributed by atoms with Crippen LogP contribution in [0.1, 0.15) is 31.2 Å². The summed E-state index contributed by atoms with van der Waals surface area (Å²) in [5.41, 5.74) is 2.28. The van der Waals surface area contributed by atoms with E-state index in [1.165, 1.54) is 12.8 Å². The van der Waals surface area contributed by atoms with Crippen molar-refractivity contribution < 1.29 is 4.74 Å². The van der Waals surface area contributed by atoms with Crippen molar-refractivity contribution in [2.24, 2.45) is 5.92 Å². The zero-order valence-corrected chi connectivity index (χ0v) is 12.8. The van der Waals surface area contributed by atoms with Crippen molar-refractivity contribution in [2.75, 3.05) is 33.4 Å². The van der Waals surface area contributed by atoms with Gasteiger partial charge in [0.2, 0.25) is 0 Å². The molecule has 1 fully saturated rings. The molecule has 0 spiro atoms. The van der Waals surface area contributed by atoms with E-state index in [0.29, 0.717) is 5.92 Å². The van der Waals surface area contributed by atoms with Gasteiger partial charge in [0.15, 0.2) is 0 Å². The number of pyridine rings is 1. The van der Waals surface area contributed by atoms with Crippen LogP contribution in [0.2, 0.25) is 0 Å². The summed E-state index contributed by atoms with van der Waals surface area (Å²) in [6.45, 7) is 7.81. The molecule has 1 aromatic rings. The molecule has 1 N–H and O–H groups in total. The summed E-state index contributed by atoms with van der Waals surface area (Å²) in [6.07, 6.45) is 2.49. The zero-order chi connectivity index (χ0) is 14.2. The fraction of sp³-hybridized carbons (Fsp3) is 0.688. The maximum absolute atomic E-state index is 5.55. The second-order valence-corrected chi connectivity index (χ2v) is 5.68. The number of rotatable bonds is 7. The monoisotopic (exact) mass is 277 g/mol. The largest absolute Gasteiger partial charge is 0.381 e. The Morgan fingerprint density at radius 2 is 2.25 bits per heavy atom. The highest BCUT2D eigenvalue weighted by atomic mass is 16.5. The maximum atomic E-state index is 5.55. The van der Waals surface area contributed by atoms with E-state index in [1.807, 2.05) is 0 Å². The maximum Gasteiger partial charge on any atom is 0.0547 e. The van der Waals surface area contributed by atoms with Crippen molar-refractivity contribution in [3.05, 3.63) is 29.6 Å². The summed E-state index contributed by atoms with van der Waals surface area (Å²) in [5.74, 6) is 0.679. The summed E-state index contributed by atoms with van der Waals surface area (Å²) in [7, 11) is 2.17. The number of nitrogens with one attached hydrogen (secondary N) is 1. The van der Waals surface area contributed by atoms with E-state index in [-0.39, 0.29) is 0 Å². The minimum atomic E-state index is 0.679. The molecular weight excluding hydrogens is 250 g/mol. The molecule has 1 atom stereocenters. The van der Waals surface area contributed by atoms with Gasteiger partial charge in [-0.1, -0.05) is 13.0 Å². The van der Waals surface area contributed by atoms with Crippen LogP contribution in [-0.2, 0) is 17.8 Å². The summed E-state index contributed by atoms with van der Waals surface area (Å²) in [5, 5.41) is 3.32. The first-order valence-electron chi connectivity index (χ1n) is 7.69. The molecule has 4 heteroatoms. The van der Waals surface area contributed by atoms with Gasteiger partial charge in [-0.2, -0.15) is 0 Å². The van der Waals surface area contributed by atoms with Crippen molar-refractivity contribution in [3.8, 4) is 0 Å². The molecule has 2 heterocycles. The standard InChI is InChI=1S/C16H27N3O/c1-3-17-10-15-7-4-8-16(18-15)12-19(2)11-14-6-5-9-20-13-14/h4,7-8,14,17H,3,5-6,9-13H2,1-2H3. The van der Waals surface area contributed by atoms with Crippen LogP contribution in [0.25, 0.3) is 0 Å². The topological polar surface area (TPSA) is 37.4 Å².